The summed E-state index contributed by atoms with van der Waals surface area (Å²) in [6.45, 7) is 1.52. The van der Waals surface area contributed by atoms with Gasteiger partial charge in [-0.3, -0.25) is 0 Å². The number of nitrogens with zero attached hydrogens (tertiary/aromatic N) is 1. The van der Waals surface area contributed by atoms with Gasteiger partial charge in [-0.1, -0.05) is 17.3 Å². The molecule has 0 aliphatic rings. The number of methoxy groups -OCH3 is 1. The van der Waals surface area contributed by atoms with Crippen molar-refractivity contribution >= 4 is 23.9 Å². The van der Waals surface area contributed by atoms with Crippen molar-refractivity contribution in [3.8, 4) is 0 Å². The Labute approximate surface area is 110 Å². The zero-order chi connectivity index (χ0) is 14.3. The SMILES string of the molecule is COC(=O)C(C)NC(=O)Nc1ccc(C=NO)cc1. The van der Waals surface area contributed by atoms with Crippen LogP contribution in [0.2, 0.25) is 0 Å². The van der Waals surface area contributed by atoms with Crippen LogP contribution in [-0.4, -0.2) is 36.6 Å². The molecule has 3 N–H and O–H groups in total. The van der Waals surface area contributed by atoms with Crippen molar-refractivity contribution in [3.05, 3.63) is 29.8 Å². The molecule has 0 spiro atoms. The maximum Gasteiger partial charge on any atom is 0.328 e. The zero-order valence-electron chi connectivity index (χ0n) is 10.6. The van der Waals surface area contributed by atoms with E-state index >= 15 is 0 Å². The molecule has 7 heteroatoms. The second-order valence-electron chi connectivity index (χ2n) is 3.71. The minimum atomic E-state index is -0.731. The van der Waals surface area contributed by atoms with Crippen LogP contribution in [0.25, 0.3) is 0 Å². The molecule has 0 saturated heterocycles. The van der Waals surface area contributed by atoms with Gasteiger partial charge in [-0.05, 0) is 24.6 Å². The highest BCUT2D eigenvalue weighted by molar-refractivity contribution is 5.92. The molecule has 0 heterocycles. The van der Waals surface area contributed by atoms with Gasteiger partial charge in [0.25, 0.3) is 0 Å². The zero-order valence-corrected chi connectivity index (χ0v) is 10.6. The minimum Gasteiger partial charge on any atom is -0.467 e. The first-order valence-corrected chi connectivity index (χ1v) is 5.49. The molecule has 2 amide bonds. The highest BCUT2D eigenvalue weighted by Crippen LogP contribution is 2.08. The van der Waals surface area contributed by atoms with Gasteiger partial charge >= 0.3 is 12.0 Å². The van der Waals surface area contributed by atoms with Crippen LogP contribution in [0.1, 0.15) is 12.5 Å². The molecule has 0 aliphatic carbocycles. The molecular formula is C12H15N3O4. The first-order valence-electron chi connectivity index (χ1n) is 5.49. The summed E-state index contributed by atoms with van der Waals surface area (Å²) in [5, 5.41) is 16.2. The van der Waals surface area contributed by atoms with Gasteiger partial charge in [0.2, 0.25) is 0 Å². The van der Waals surface area contributed by atoms with Crippen molar-refractivity contribution in [2.45, 2.75) is 13.0 Å². The fraction of sp³-hybridized carbons (Fsp3) is 0.250. The summed E-state index contributed by atoms with van der Waals surface area (Å²) in [7, 11) is 1.25. The third kappa shape index (κ3) is 4.66. The van der Waals surface area contributed by atoms with E-state index in [9.17, 15) is 9.59 Å². The van der Waals surface area contributed by atoms with Crippen LogP contribution in [-0.2, 0) is 9.53 Å². The lowest BCUT2D eigenvalue weighted by Crippen LogP contribution is -2.41. The molecule has 7 nitrogen and oxygen atoms in total. The summed E-state index contributed by atoms with van der Waals surface area (Å²) in [6, 6.07) is 5.36. The van der Waals surface area contributed by atoms with Crippen molar-refractivity contribution < 1.29 is 19.5 Å². The maximum absolute atomic E-state index is 11.6. The number of amides is 2. The van der Waals surface area contributed by atoms with Crippen molar-refractivity contribution in [3.63, 3.8) is 0 Å². The van der Waals surface area contributed by atoms with E-state index in [1.165, 1.54) is 20.2 Å². The first-order chi connectivity index (χ1) is 9.06. The fourth-order valence-corrected chi connectivity index (χ4v) is 1.32. The molecule has 1 rings (SSSR count). The van der Waals surface area contributed by atoms with Crippen molar-refractivity contribution in [1.82, 2.24) is 5.32 Å². The summed E-state index contributed by atoms with van der Waals surface area (Å²) < 4.78 is 4.49. The summed E-state index contributed by atoms with van der Waals surface area (Å²) in [6.07, 6.45) is 1.27. The number of carbonyl (C=O) groups is 2. The molecule has 102 valence electrons. The van der Waals surface area contributed by atoms with Crippen LogP contribution < -0.4 is 10.6 Å². The number of oxime groups is 1. The van der Waals surface area contributed by atoms with Gasteiger partial charge in [0.15, 0.2) is 0 Å². The normalized spacial score (nSPS) is 11.9. The molecule has 19 heavy (non-hydrogen) atoms. The first kappa shape index (κ1) is 14.5. The number of nitrogens with one attached hydrogen (secondary N) is 2. The summed E-state index contributed by atoms with van der Waals surface area (Å²) in [4.78, 5) is 22.7. The monoisotopic (exact) mass is 265 g/mol. The summed E-state index contributed by atoms with van der Waals surface area (Å²) >= 11 is 0. The van der Waals surface area contributed by atoms with Gasteiger partial charge < -0.3 is 20.6 Å². The predicted molar refractivity (Wildman–Crippen MR) is 69.5 cm³/mol. The molecule has 1 unspecified atom stereocenters. The molecule has 0 radical (unpaired) electrons. The van der Waals surface area contributed by atoms with Gasteiger partial charge in [-0.15, -0.1) is 0 Å². The number of carbonyl (C=O) groups excluding carboxylic acids is 2. The Hall–Kier alpha value is -2.57. The Morgan fingerprint density at radius 2 is 2.00 bits per heavy atom. The quantitative estimate of drug-likeness (QED) is 0.329. The van der Waals surface area contributed by atoms with Crippen LogP contribution in [0.4, 0.5) is 10.5 Å². The third-order valence-electron chi connectivity index (χ3n) is 2.28. The van der Waals surface area contributed by atoms with E-state index in [0.29, 0.717) is 11.3 Å². The van der Waals surface area contributed by atoms with Crippen LogP contribution in [0.15, 0.2) is 29.4 Å². The Kier molecular flexibility index (Phi) is 5.34. The molecule has 1 atom stereocenters. The molecule has 0 aromatic heterocycles. The second kappa shape index (κ2) is 7.00. The minimum absolute atomic E-state index is 0.513. The van der Waals surface area contributed by atoms with E-state index < -0.39 is 18.0 Å². The van der Waals surface area contributed by atoms with E-state index in [0.717, 1.165) is 0 Å². The second-order valence-corrected chi connectivity index (χ2v) is 3.71. The Morgan fingerprint density at radius 1 is 1.37 bits per heavy atom. The molecule has 0 fully saturated rings. The molecule has 1 aromatic rings. The van der Waals surface area contributed by atoms with Crippen molar-refractivity contribution in [2.24, 2.45) is 5.16 Å². The largest absolute Gasteiger partial charge is 0.467 e. The van der Waals surface area contributed by atoms with Crippen LogP contribution >= 0.6 is 0 Å². The summed E-state index contributed by atoms with van der Waals surface area (Å²) in [5.41, 5.74) is 1.24. The standard InChI is InChI=1S/C12H15N3O4/c1-8(11(16)19-2)14-12(17)15-10-5-3-9(4-6-10)7-13-18/h3-8,18H,1-2H3,(H2,14,15,17). The highest BCUT2D eigenvalue weighted by Gasteiger charge is 2.15. The molecule has 0 saturated carbocycles. The topological polar surface area (TPSA) is 100 Å². The van der Waals surface area contributed by atoms with E-state index in [1.54, 1.807) is 24.3 Å². The number of urea groups is 1. The van der Waals surface area contributed by atoms with E-state index in [2.05, 4.69) is 20.5 Å². The third-order valence-corrected chi connectivity index (χ3v) is 2.28. The number of hydrogen-bond donors (Lipinski definition) is 3. The lowest BCUT2D eigenvalue weighted by molar-refractivity contribution is -0.142. The Bertz CT molecular complexity index is 470. The lowest BCUT2D eigenvalue weighted by atomic mass is 10.2. The van der Waals surface area contributed by atoms with Crippen molar-refractivity contribution in [1.29, 1.82) is 0 Å². The van der Waals surface area contributed by atoms with Crippen molar-refractivity contribution in [2.75, 3.05) is 12.4 Å². The number of esters is 1. The number of hydrogen-bond acceptors (Lipinski definition) is 5. The molecule has 0 bridgehead atoms. The van der Waals surface area contributed by atoms with Crippen LogP contribution in [0.3, 0.4) is 0 Å². The summed E-state index contributed by atoms with van der Waals surface area (Å²) in [5.74, 6) is -0.523. The molecule has 1 aromatic carbocycles. The lowest BCUT2D eigenvalue weighted by Gasteiger charge is -2.12. The van der Waals surface area contributed by atoms with E-state index in [-0.39, 0.29) is 0 Å². The molecule has 0 aliphatic heterocycles. The number of ether oxygens (including phenoxy) is 1. The Morgan fingerprint density at radius 3 is 2.53 bits per heavy atom. The van der Waals surface area contributed by atoms with Crippen LogP contribution in [0, 0.1) is 0 Å². The molecular weight excluding hydrogens is 250 g/mol. The number of anilines is 1. The van der Waals surface area contributed by atoms with E-state index in [4.69, 9.17) is 5.21 Å². The Balaban J connectivity index is 2.55. The fourth-order valence-electron chi connectivity index (χ4n) is 1.32. The smallest absolute Gasteiger partial charge is 0.328 e. The van der Waals surface area contributed by atoms with E-state index in [1.807, 2.05) is 0 Å². The van der Waals surface area contributed by atoms with Gasteiger partial charge in [0.1, 0.15) is 6.04 Å². The average molecular weight is 265 g/mol. The van der Waals surface area contributed by atoms with Gasteiger partial charge in [0, 0.05) is 5.69 Å². The number of benzene rings is 1. The predicted octanol–water partition coefficient (Wildman–Crippen LogP) is 1.18. The average Bonchev–Trinajstić information content (AvgIpc) is 2.40. The van der Waals surface area contributed by atoms with Crippen LogP contribution in [0.5, 0.6) is 0 Å². The maximum atomic E-state index is 11.6. The highest BCUT2D eigenvalue weighted by atomic mass is 16.5. The number of rotatable bonds is 4. The van der Waals surface area contributed by atoms with Gasteiger partial charge in [-0.2, -0.15) is 0 Å². The van der Waals surface area contributed by atoms with Gasteiger partial charge in [0.05, 0.1) is 13.3 Å². The van der Waals surface area contributed by atoms with Gasteiger partial charge in [-0.25, -0.2) is 9.59 Å².